The minimum absolute atomic E-state index is 0.392. The Hall–Kier alpha value is -1.79. The minimum Gasteiger partial charge on any atom is -0.323 e. The van der Waals surface area contributed by atoms with Gasteiger partial charge in [0.05, 0.1) is 12.6 Å². The van der Waals surface area contributed by atoms with E-state index in [4.69, 9.17) is 0 Å². The first-order valence-corrected chi connectivity index (χ1v) is 11.2. The molecule has 4 rings (SSSR count). The molecule has 2 fully saturated rings. The van der Waals surface area contributed by atoms with Gasteiger partial charge >= 0.3 is 0 Å². The van der Waals surface area contributed by atoms with Crippen LogP contribution in [-0.2, 0) is 6.54 Å². The number of piperazine rings is 1. The van der Waals surface area contributed by atoms with Crippen LogP contribution >= 0.6 is 0 Å². The maximum Gasteiger partial charge on any atom is 0.209 e. The average Bonchev–Trinajstić information content (AvgIpc) is 3.39. The fourth-order valence-electron chi connectivity index (χ4n) is 5.24. The molecule has 28 heavy (non-hydrogen) atoms. The van der Waals surface area contributed by atoms with Crippen LogP contribution in [0.2, 0.25) is 0 Å². The Morgan fingerprint density at radius 1 is 1.04 bits per heavy atom. The number of hydrogen-bond acceptors (Lipinski definition) is 3. The van der Waals surface area contributed by atoms with E-state index < -0.39 is 0 Å². The smallest absolute Gasteiger partial charge is 0.209 e. The molecule has 1 aliphatic heterocycles. The van der Waals surface area contributed by atoms with Crippen LogP contribution in [-0.4, -0.2) is 52.4 Å². The van der Waals surface area contributed by atoms with Crippen molar-refractivity contribution in [1.82, 2.24) is 20.2 Å². The van der Waals surface area contributed by atoms with Crippen molar-refractivity contribution < 1.29 is 9.80 Å². The van der Waals surface area contributed by atoms with Crippen LogP contribution in [0.25, 0.3) is 0 Å². The molecule has 1 aromatic heterocycles. The van der Waals surface area contributed by atoms with Gasteiger partial charge in [-0.05, 0) is 47.6 Å². The fraction of sp³-hybridized carbons (Fsp3) is 0.682. The topological polar surface area (TPSA) is 52.5 Å². The number of quaternary nitrogens is 2. The molecule has 1 aromatic carbocycles. The highest BCUT2D eigenvalue weighted by Crippen LogP contribution is 2.18. The van der Waals surface area contributed by atoms with Gasteiger partial charge in [-0.15, -0.1) is 5.10 Å². The first-order valence-electron chi connectivity index (χ1n) is 11.2. The Labute approximate surface area is 168 Å². The monoisotopic (exact) mass is 384 g/mol. The van der Waals surface area contributed by atoms with Crippen molar-refractivity contribution in [3.05, 3.63) is 41.7 Å². The molecule has 0 amide bonds. The van der Waals surface area contributed by atoms with E-state index in [9.17, 15) is 0 Å². The number of tetrazole rings is 1. The molecule has 6 nitrogen and oxygen atoms in total. The van der Waals surface area contributed by atoms with Crippen molar-refractivity contribution in [3.8, 4) is 0 Å². The van der Waals surface area contributed by atoms with Gasteiger partial charge in [-0.25, -0.2) is 4.68 Å². The van der Waals surface area contributed by atoms with Gasteiger partial charge in [-0.2, -0.15) is 0 Å². The van der Waals surface area contributed by atoms with Gasteiger partial charge in [-0.3, -0.25) is 0 Å². The standard InChI is InChI=1S/C22H34N6/c1-18(2)16-21(27-14-12-26(13-15-27)20-10-6-7-11-20)22-23-24-25-28(22)17-19-8-4-3-5-9-19/h3-5,8-9,18,20-21H,6-7,10-17H2,1-2H3/p+2/t21-/m1/s1. The Kier molecular flexibility index (Phi) is 6.37. The summed E-state index contributed by atoms with van der Waals surface area (Å²) in [4.78, 5) is 3.54. The lowest BCUT2D eigenvalue weighted by Gasteiger charge is -2.36. The zero-order chi connectivity index (χ0) is 19.3. The summed E-state index contributed by atoms with van der Waals surface area (Å²) in [5, 5.41) is 12.9. The van der Waals surface area contributed by atoms with Crippen molar-refractivity contribution in [1.29, 1.82) is 0 Å². The van der Waals surface area contributed by atoms with Gasteiger partial charge < -0.3 is 9.80 Å². The summed E-state index contributed by atoms with van der Waals surface area (Å²) in [7, 11) is 0. The Morgan fingerprint density at radius 3 is 2.43 bits per heavy atom. The number of benzene rings is 1. The molecule has 2 aromatic rings. The van der Waals surface area contributed by atoms with Gasteiger partial charge in [0.25, 0.3) is 0 Å². The van der Waals surface area contributed by atoms with Gasteiger partial charge in [0.2, 0.25) is 5.82 Å². The van der Waals surface area contributed by atoms with E-state index in [-0.39, 0.29) is 0 Å². The van der Waals surface area contributed by atoms with E-state index in [1.54, 1.807) is 4.90 Å². The summed E-state index contributed by atoms with van der Waals surface area (Å²) < 4.78 is 2.03. The lowest BCUT2D eigenvalue weighted by atomic mass is 10.0. The second-order valence-electron chi connectivity index (χ2n) is 9.16. The summed E-state index contributed by atoms with van der Waals surface area (Å²) in [5.74, 6) is 1.71. The molecular formula is C22H36N6+2. The molecule has 2 N–H and O–H groups in total. The van der Waals surface area contributed by atoms with Crippen LogP contribution in [0.3, 0.4) is 0 Å². The van der Waals surface area contributed by atoms with Crippen molar-refractivity contribution in [2.24, 2.45) is 5.92 Å². The Balaban J connectivity index is 1.47. The molecule has 0 spiro atoms. The number of nitrogens with one attached hydrogen (secondary N) is 2. The quantitative estimate of drug-likeness (QED) is 0.732. The highest BCUT2D eigenvalue weighted by Gasteiger charge is 2.37. The normalized spacial score (nSPS) is 24.7. The van der Waals surface area contributed by atoms with E-state index >= 15 is 0 Å². The lowest BCUT2D eigenvalue weighted by molar-refractivity contribution is -1.04. The first kappa shape index (κ1) is 19.5. The van der Waals surface area contributed by atoms with Crippen molar-refractivity contribution >= 4 is 0 Å². The molecule has 2 heterocycles. The van der Waals surface area contributed by atoms with E-state index in [0.29, 0.717) is 12.0 Å². The van der Waals surface area contributed by atoms with Gasteiger partial charge in [0, 0.05) is 6.42 Å². The molecule has 1 atom stereocenters. The van der Waals surface area contributed by atoms with Crippen LogP contribution in [0.15, 0.2) is 30.3 Å². The van der Waals surface area contributed by atoms with Crippen LogP contribution in [0.4, 0.5) is 0 Å². The molecular weight excluding hydrogens is 348 g/mol. The van der Waals surface area contributed by atoms with Crippen molar-refractivity contribution in [3.63, 3.8) is 0 Å². The maximum absolute atomic E-state index is 4.51. The van der Waals surface area contributed by atoms with Crippen LogP contribution in [0.1, 0.15) is 63.4 Å². The van der Waals surface area contributed by atoms with Gasteiger partial charge in [0.15, 0.2) is 6.04 Å². The number of aromatic nitrogens is 4. The zero-order valence-corrected chi connectivity index (χ0v) is 17.5. The van der Waals surface area contributed by atoms with Crippen LogP contribution in [0.5, 0.6) is 0 Å². The third kappa shape index (κ3) is 4.61. The maximum atomic E-state index is 4.51. The van der Waals surface area contributed by atoms with Crippen molar-refractivity contribution in [2.75, 3.05) is 26.2 Å². The number of rotatable bonds is 7. The number of hydrogen-bond donors (Lipinski definition) is 2. The average molecular weight is 385 g/mol. The third-order valence-electron chi connectivity index (χ3n) is 6.71. The Morgan fingerprint density at radius 2 is 1.75 bits per heavy atom. The third-order valence-corrected chi connectivity index (χ3v) is 6.71. The summed E-state index contributed by atoms with van der Waals surface area (Å²) in [6.07, 6.45) is 6.90. The SMILES string of the molecule is CC(C)C[C@H](c1nnnn1Cc1ccccc1)[NH+]1CC[NH+](C2CCCC2)CC1. The largest absolute Gasteiger partial charge is 0.323 e. The second kappa shape index (κ2) is 9.14. The van der Waals surface area contributed by atoms with Gasteiger partial charge in [0.1, 0.15) is 26.2 Å². The second-order valence-corrected chi connectivity index (χ2v) is 9.16. The molecule has 0 bridgehead atoms. The van der Waals surface area contributed by atoms with Crippen LogP contribution in [0, 0.1) is 5.92 Å². The lowest BCUT2D eigenvalue weighted by Crippen LogP contribution is -3.29. The highest BCUT2D eigenvalue weighted by molar-refractivity contribution is 5.15. The van der Waals surface area contributed by atoms with E-state index in [0.717, 1.165) is 24.8 Å². The van der Waals surface area contributed by atoms with E-state index in [1.807, 2.05) is 9.58 Å². The summed E-state index contributed by atoms with van der Waals surface area (Å²) >= 11 is 0. The molecule has 0 radical (unpaired) electrons. The number of nitrogens with zero attached hydrogens (tertiary/aromatic N) is 4. The molecule has 1 aliphatic carbocycles. The Bertz CT molecular complexity index is 714. The molecule has 1 saturated carbocycles. The van der Waals surface area contributed by atoms with E-state index in [1.165, 1.54) is 57.4 Å². The first-order chi connectivity index (χ1) is 13.7. The summed E-state index contributed by atoms with van der Waals surface area (Å²) in [6, 6.07) is 11.8. The fourth-order valence-corrected chi connectivity index (χ4v) is 5.24. The summed E-state index contributed by atoms with van der Waals surface area (Å²) in [6.45, 7) is 10.5. The molecule has 6 heteroatoms. The summed E-state index contributed by atoms with van der Waals surface area (Å²) in [5.41, 5.74) is 1.25. The molecule has 0 unspecified atom stereocenters. The highest BCUT2D eigenvalue weighted by atomic mass is 15.6. The van der Waals surface area contributed by atoms with Crippen LogP contribution < -0.4 is 9.80 Å². The predicted octanol–water partition coefficient (Wildman–Crippen LogP) is 0.535. The van der Waals surface area contributed by atoms with Crippen molar-refractivity contribution in [2.45, 2.75) is 64.6 Å². The zero-order valence-electron chi connectivity index (χ0n) is 17.5. The predicted molar refractivity (Wildman–Crippen MR) is 109 cm³/mol. The minimum atomic E-state index is 0.392. The molecule has 1 saturated heterocycles. The van der Waals surface area contributed by atoms with Gasteiger partial charge in [-0.1, -0.05) is 44.2 Å². The molecule has 152 valence electrons. The van der Waals surface area contributed by atoms with E-state index in [2.05, 4.69) is 59.7 Å². The molecule has 2 aliphatic rings.